The van der Waals surface area contributed by atoms with E-state index >= 15 is 0 Å². The Kier molecular flexibility index (Phi) is 5.60. The van der Waals surface area contributed by atoms with Crippen LogP contribution in [0.5, 0.6) is 5.75 Å². The van der Waals surface area contributed by atoms with E-state index < -0.39 is 0 Å². The summed E-state index contributed by atoms with van der Waals surface area (Å²) in [5.41, 5.74) is 1.14. The highest BCUT2D eigenvalue weighted by molar-refractivity contribution is 5.30. The second-order valence-corrected chi connectivity index (χ2v) is 6.01. The zero-order valence-corrected chi connectivity index (χ0v) is 12.8. The topological polar surface area (TPSA) is 34.2 Å². The molecule has 1 aromatic rings. The van der Waals surface area contributed by atoms with Gasteiger partial charge in [0.25, 0.3) is 0 Å². The average molecular weight is 274 g/mol. The molecule has 0 fully saturated rings. The lowest BCUT2D eigenvalue weighted by Crippen LogP contribution is -2.24. The maximum Gasteiger partial charge on any atom is 0.126 e. The van der Waals surface area contributed by atoms with Crippen LogP contribution in [0.4, 0.5) is 0 Å². The molecule has 0 bridgehead atoms. The van der Waals surface area contributed by atoms with Crippen LogP contribution >= 0.6 is 0 Å². The van der Waals surface area contributed by atoms with E-state index in [0.717, 1.165) is 30.9 Å². The van der Waals surface area contributed by atoms with Crippen molar-refractivity contribution in [3.63, 3.8) is 0 Å². The lowest BCUT2D eigenvalue weighted by atomic mass is 9.85. The predicted molar refractivity (Wildman–Crippen MR) is 82.7 cm³/mol. The van der Waals surface area contributed by atoms with Gasteiger partial charge in [0.05, 0.1) is 6.61 Å². The van der Waals surface area contributed by atoms with Crippen LogP contribution in [-0.2, 0) is 6.54 Å². The van der Waals surface area contributed by atoms with E-state index in [1.807, 2.05) is 12.3 Å². The van der Waals surface area contributed by atoms with Gasteiger partial charge in [-0.3, -0.25) is 4.98 Å². The first-order chi connectivity index (χ1) is 9.66. The predicted octanol–water partition coefficient (Wildman–Crippen LogP) is 3.56. The minimum atomic E-state index is 0.464. The molecule has 0 aliphatic heterocycles. The average Bonchev–Trinajstić information content (AvgIpc) is 2.45. The third-order valence-corrected chi connectivity index (χ3v) is 3.93. The van der Waals surface area contributed by atoms with Gasteiger partial charge in [-0.05, 0) is 30.7 Å². The van der Waals surface area contributed by atoms with Crippen LogP contribution in [0, 0.1) is 11.8 Å². The highest BCUT2D eigenvalue weighted by Gasteiger charge is 2.19. The van der Waals surface area contributed by atoms with Crippen LogP contribution in [-0.4, -0.2) is 17.6 Å². The van der Waals surface area contributed by atoms with Gasteiger partial charge in [-0.15, -0.1) is 0 Å². The number of nitrogens with zero attached hydrogens (tertiary/aromatic N) is 1. The first kappa shape index (κ1) is 15.0. The van der Waals surface area contributed by atoms with Gasteiger partial charge >= 0.3 is 0 Å². The quantitative estimate of drug-likeness (QED) is 0.805. The number of allylic oxidation sites excluding steroid dienone is 2. The van der Waals surface area contributed by atoms with Crippen molar-refractivity contribution in [3.05, 3.63) is 36.2 Å². The fourth-order valence-electron chi connectivity index (χ4n) is 2.44. The van der Waals surface area contributed by atoms with Gasteiger partial charge in [0.15, 0.2) is 0 Å². The number of nitrogens with one attached hydrogen (secondary N) is 1. The molecule has 2 rings (SSSR count). The molecule has 20 heavy (non-hydrogen) atoms. The lowest BCUT2D eigenvalue weighted by Gasteiger charge is -2.25. The maximum atomic E-state index is 6.07. The van der Waals surface area contributed by atoms with Gasteiger partial charge in [0, 0.05) is 30.5 Å². The fourth-order valence-corrected chi connectivity index (χ4v) is 2.44. The summed E-state index contributed by atoms with van der Waals surface area (Å²) in [5, 5.41) is 3.42. The Morgan fingerprint density at radius 2 is 2.15 bits per heavy atom. The summed E-state index contributed by atoms with van der Waals surface area (Å²) in [7, 11) is 0. The molecular weight excluding hydrogens is 248 g/mol. The number of rotatable bonds is 6. The number of hydrogen-bond acceptors (Lipinski definition) is 3. The van der Waals surface area contributed by atoms with Crippen molar-refractivity contribution in [2.45, 2.75) is 46.2 Å². The molecule has 1 aliphatic carbocycles. The van der Waals surface area contributed by atoms with Crippen LogP contribution in [0.2, 0.25) is 0 Å². The zero-order valence-electron chi connectivity index (χ0n) is 12.8. The second kappa shape index (κ2) is 7.44. The summed E-state index contributed by atoms with van der Waals surface area (Å²) in [5.74, 6) is 2.30. The summed E-state index contributed by atoms with van der Waals surface area (Å²) in [6.07, 6.45) is 10.6. The summed E-state index contributed by atoms with van der Waals surface area (Å²) < 4.78 is 6.07. The van der Waals surface area contributed by atoms with Crippen molar-refractivity contribution >= 4 is 0 Å². The molecule has 3 heteroatoms. The van der Waals surface area contributed by atoms with E-state index in [1.54, 1.807) is 6.20 Å². The Bertz CT molecular complexity index is 442. The Morgan fingerprint density at radius 3 is 2.90 bits per heavy atom. The van der Waals surface area contributed by atoms with Gasteiger partial charge in [-0.2, -0.15) is 0 Å². The van der Waals surface area contributed by atoms with Crippen molar-refractivity contribution in [1.29, 1.82) is 0 Å². The van der Waals surface area contributed by atoms with Gasteiger partial charge in [0.1, 0.15) is 5.75 Å². The highest BCUT2D eigenvalue weighted by Crippen LogP contribution is 2.26. The van der Waals surface area contributed by atoms with E-state index in [1.165, 1.54) is 6.42 Å². The molecule has 1 aromatic heterocycles. The summed E-state index contributed by atoms with van der Waals surface area (Å²) in [4.78, 5) is 4.20. The van der Waals surface area contributed by atoms with Gasteiger partial charge in [-0.1, -0.05) is 32.9 Å². The van der Waals surface area contributed by atoms with Gasteiger partial charge < -0.3 is 10.1 Å². The molecule has 0 amide bonds. The molecular formula is C17H26N2O. The smallest absolute Gasteiger partial charge is 0.126 e. The minimum Gasteiger partial charge on any atom is -0.493 e. The molecule has 3 nitrogen and oxygen atoms in total. The normalized spacial score (nSPS) is 22.2. The molecule has 0 saturated carbocycles. The van der Waals surface area contributed by atoms with Crippen LogP contribution in [0.1, 0.15) is 39.2 Å². The third-order valence-electron chi connectivity index (χ3n) is 3.93. The summed E-state index contributed by atoms with van der Waals surface area (Å²) >= 11 is 0. The molecule has 110 valence electrons. The molecule has 2 unspecified atom stereocenters. The second-order valence-electron chi connectivity index (χ2n) is 6.01. The van der Waals surface area contributed by atoms with E-state index in [9.17, 15) is 0 Å². The fraction of sp³-hybridized carbons (Fsp3) is 0.588. The molecule has 1 aliphatic rings. The number of hydrogen-bond donors (Lipinski definition) is 1. The number of pyridine rings is 1. The molecule has 0 saturated heterocycles. The number of aromatic nitrogens is 1. The first-order valence-corrected chi connectivity index (χ1v) is 7.61. The monoisotopic (exact) mass is 274 g/mol. The van der Waals surface area contributed by atoms with Crippen molar-refractivity contribution in [3.8, 4) is 5.75 Å². The molecule has 0 spiro atoms. The molecule has 1 heterocycles. The van der Waals surface area contributed by atoms with Crippen molar-refractivity contribution in [1.82, 2.24) is 10.3 Å². The zero-order chi connectivity index (χ0) is 14.4. The molecule has 0 radical (unpaired) electrons. The van der Waals surface area contributed by atoms with E-state index in [4.69, 9.17) is 4.74 Å². The van der Waals surface area contributed by atoms with Gasteiger partial charge in [-0.25, -0.2) is 0 Å². The Hall–Kier alpha value is -1.35. The van der Waals surface area contributed by atoms with E-state index in [0.29, 0.717) is 17.9 Å². The molecule has 1 N–H and O–H groups in total. The van der Waals surface area contributed by atoms with E-state index in [2.05, 4.69) is 43.2 Å². The highest BCUT2D eigenvalue weighted by atomic mass is 16.5. The maximum absolute atomic E-state index is 6.07. The van der Waals surface area contributed by atoms with E-state index in [-0.39, 0.29) is 0 Å². The summed E-state index contributed by atoms with van der Waals surface area (Å²) in [6.45, 7) is 8.20. The first-order valence-electron chi connectivity index (χ1n) is 7.61. The van der Waals surface area contributed by atoms with Crippen molar-refractivity contribution < 1.29 is 4.74 Å². The molecule has 0 aromatic carbocycles. The van der Waals surface area contributed by atoms with Crippen LogP contribution < -0.4 is 10.1 Å². The largest absolute Gasteiger partial charge is 0.493 e. The Morgan fingerprint density at radius 1 is 1.35 bits per heavy atom. The summed E-state index contributed by atoms with van der Waals surface area (Å²) in [6, 6.07) is 2.44. The lowest BCUT2D eigenvalue weighted by molar-refractivity contribution is 0.196. The van der Waals surface area contributed by atoms with Crippen LogP contribution in [0.25, 0.3) is 0 Å². The number of ether oxygens (including phenoxy) is 1. The van der Waals surface area contributed by atoms with Gasteiger partial charge in [0.2, 0.25) is 0 Å². The standard InChI is InChI=1S/C17H26N2O/c1-13(2)19-11-16-10-18-9-8-17(16)20-12-15-7-5-4-6-14(15)3/h4-5,8-10,13-15,19H,6-7,11-12H2,1-3H3. The molecule has 2 atom stereocenters. The van der Waals surface area contributed by atoms with Crippen LogP contribution in [0.3, 0.4) is 0 Å². The Labute approximate surface area is 122 Å². The third kappa shape index (κ3) is 4.34. The SMILES string of the molecule is CC(C)NCc1cnccc1OCC1CC=CCC1C. The van der Waals surface area contributed by atoms with Crippen molar-refractivity contribution in [2.24, 2.45) is 11.8 Å². The Balaban J connectivity index is 1.93. The van der Waals surface area contributed by atoms with Crippen molar-refractivity contribution in [2.75, 3.05) is 6.61 Å². The minimum absolute atomic E-state index is 0.464. The van der Waals surface area contributed by atoms with Crippen LogP contribution in [0.15, 0.2) is 30.6 Å².